The van der Waals surface area contributed by atoms with Gasteiger partial charge in [0.25, 0.3) is 0 Å². The van der Waals surface area contributed by atoms with Crippen molar-refractivity contribution in [1.82, 2.24) is 0 Å². The minimum atomic E-state index is 0.578. The highest BCUT2D eigenvalue weighted by atomic mass is 14.4. The lowest BCUT2D eigenvalue weighted by Crippen LogP contribution is -2.33. The van der Waals surface area contributed by atoms with Gasteiger partial charge in [-0.2, -0.15) is 0 Å². The summed E-state index contributed by atoms with van der Waals surface area (Å²) in [5.41, 5.74) is 0.578. The molecule has 0 bridgehead atoms. The largest absolute Gasteiger partial charge is 0.0885 e. The quantitative estimate of drug-likeness (QED) is 0.331. The van der Waals surface area contributed by atoms with Gasteiger partial charge in [-0.3, -0.25) is 0 Å². The first-order valence-corrected chi connectivity index (χ1v) is 9.12. The van der Waals surface area contributed by atoms with Gasteiger partial charge in [0.05, 0.1) is 0 Å². The number of rotatable bonds is 8. The minimum absolute atomic E-state index is 0.578. The summed E-state index contributed by atoms with van der Waals surface area (Å²) in [4.78, 5) is 0. The lowest BCUT2D eigenvalue weighted by Gasteiger charge is -2.43. The second-order valence-corrected chi connectivity index (χ2v) is 8.00. The van der Waals surface area contributed by atoms with E-state index in [4.69, 9.17) is 0 Å². The monoisotopic (exact) mass is 278 g/mol. The molecule has 0 saturated heterocycles. The van der Waals surface area contributed by atoms with Crippen LogP contribution in [-0.2, 0) is 0 Å². The van der Waals surface area contributed by atoms with Crippen LogP contribution in [0.2, 0.25) is 0 Å². The zero-order chi connectivity index (χ0) is 15.0. The van der Waals surface area contributed by atoms with E-state index in [-0.39, 0.29) is 0 Å². The first-order chi connectivity index (χ1) is 9.47. The highest BCUT2D eigenvalue weighted by molar-refractivity contribution is 4.88. The predicted molar refractivity (Wildman–Crippen MR) is 92.0 cm³/mol. The summed E-state index contributed by atoms with van der Waals surface area (Å²) in [7, 11) is 0. The molecule has 0 spiro atoms. The van der Waals surface area contributed by atoms with Crippen molar-refractivity contribution in [3.63, 3.8) is 0 Å². The van der Waals surface area contributed by atoms with Crippen LogP contribution in [0.5, 0.6) is 0 Å². The van der Waals surface area contributed by atoms with Gasteiger partial charge < -0.3 is 0 Å². The maximum Gasteiger partial charge on any atom is -0.0323 e. The summed E-state index contributed by atoms with van der Waals surface area (Å²) in [6.07, 6.45) is 17.2. The Balaban J connectivity index is 2.28. The highest BCUT2D eigenvalue weighted by Gasteiger charge is 2.36. The van der Waals surface area contributed by atoms with E-state index in [1.165, 1.54) is 57.8 Å². The molecule has 0 heterocycles. The van der Waals surface area contributed by atoms with Gasteiger partial charge in [0.1, 0.15) is 0 Å². The van der Waals surface area contributed by atoms with Crippen LogP contribution in [0.1, 0.15) is 92.4 Å². The first kappa shape index (κ1) is 17.8. The lowest BCUT2D eigenvalue weighted by atomic mass is 9.62. The molecular weight excluding hydrogens is 240 g/mol. The Morgan fingerprint density at radius 3 is 2.65 bits per heavy atom. The summed E-state index contributed by atoms with van der Waals surface area (Å²) in [6, 6.07) is 0. The van der Waals surface area contributed by atoms with E-state index in [1.54, 1.807) is 0 Å². The zero-order valence-electron chi connectivity index (χ0n) is 14.8. The van der Waals surface area contributed by atoms with Crippen molar-refractivity contribution < 1.29 is 0 Å². The Labute approximate surface area is 128 Å². The van der Waals surface area contributed by atoms with E-state index in [1.807, 2.05) is 0 Å². The van der Waals surface area contributed by atoms with Gasteiger partial charge in [-0.25, -0.2) is 0 Å². The lowest BCUT2D eigenvalue weighted by molar-refractivity contribution is 0.0712. The Bertz CT molecular complexity index is 274. The molecule has 0 heteroatoms. The summed E-state index contributed by atoms with van der Waals surface area (Å²) >= 11 is 0. The fraction of sp³-hybridized carbons (Fsp3) is 0.900. The fourth-order valence-electron chi connectivity index (χ4n) is 4.06. The average molecular weight is 279 g/mol. The molecule has 1 rings (SSSR count). The van der Waals surface area contributed by atoms with Gasteiger partial charge in [0.15, 0.2) is 0 Å². The van der Waals surface area contributed by atoms with Crippen molar-refractivity contribution in [3.05, 3.63) is 12.2 Å². The Morgan fingerprint density at radius 1 is 1.25 bits per heavy atom. The van der Waals surface area contributed by atoms with Gasteiger partial charge in [-0.15, -0.1) is 0 Å². The molecule has 0 aromatic heterocycles. The molecule has 3 unspecified atom stereocenters. The van der Waals surface area contributed by atoms with E-state index in [2.05, 4.69) is 46.8 Å². The molecule has 0 amide bonds. The van der Waals surface area contributed by atoms with Crippen LogP contribution in [-0.4, -0.2) is 0 Å². The van der Waals surface area contributed by atoms with E-state index in [9.17, 15) is 0 Å². The molecular formula is C20H38. The van der Waals surface area contributed by atoms with Crippen molar-refractivity contribution in [3.8, 4) is 0 Å². The summed E-state index contributed by atoms with van der Waals surface area (Å²) in [6.45, 7) is 12.2. The van der Waals surface area contributed by atoms with Crippen LogP contribution in [0.3, 0.4) is 0 Å². The molecule has 1 aliphatic carbocycles. The van der Waals surface area contributed by atoms with E-state index in [0.717, 1.165) is 17.8 Å². The third-order valence-electron chi connectivity index (χ3n) is 5.57. The van der Waals surface area contributed by atoms with Crippen molar-refractivity contribution in [2.45, 2.75) is 92.4 Å². The van der Waals surface area contributed by atoms with Gasteiger partial charge in [0, 0.05) is 0 Å². The summed E-state index contributed by atoms with van der Waals surface area (Å²) in [5, 5.41) is 0. The normalized spacial score (nSPS) is 27.9. The number of hydrogen-bond donors (Lipinski definition) is 0. The van der Waals surface area contributed by atoms with Crippen LogP contribution >= 0.6 is 0 Å². The maximum absolute atomic E-state index is 2.50. The van der Waals surface area contributed by atoms with Gasteiger partial charge in [-0.05, 0) is 48.9 Å². The Morgan fingerprint density at radius 2 is 2.00 bits per heavy atom. The number of allylic oxidation sites excluding steroid dienone is 2. The first-order valence-electron chi connectivity index (χ1n) is 9.12. The molecule has 0 radical (unpaired) electrons. The predicted octanol–water partition coefficient (Wildman–Crippen LogP) is 7.00. The summed E-state index contributed by atoms with van der Waals surface area (Å²) < 4.78 is 0. The highest BCUT2D eigenvalue weighted by Crippen LogP contribution is 2.46. The SMILES string of the molecule is CCCC/C=C\CC(C)CCC1C(C)CCCC1(C)C. The van der Waals surface area contributed by atoms with Gasteiger partial charge in [-0.1, -0.05) is 78.9 Å². The maximum atomic E-state index is 2.50. The van der Waals surface area contributed by atoms with E-state index < -0.39 is 0 Å². The molecule has 1 fully saturated rings. The molecule has 3 atom stereocenters. The molecule has 0 nitrogen and oxygen atoms in total. The second-order valence-electron chi connectivity index (χ2n) is 8.00. The van der Waals surface area contributed by atoms with Crippen molar-refractivity contribution in [2.75, 3.05) is 0 Å². The third kappa shape index (κ3) is 6.02. The zero-order valence-corrected chi connectivity index (χ0v) is 14.8. The molecule has 0 N–H and O–H groups in total. The van der Waals surface area contributed by atoms with Crippen LogP contribution in [0.4, 0.5) is 0 Å². The van der Waals surface area contributed by atoms with Crippen molar-refractivity contribution in [2.24, 2.45) is 23.2 Å². The standard InChI is InChI=1S/C20H38/c1-6-7-8-9-10-12-17(2)14-15-19-18(3)13-11-16-20(19,4)5/h9-10,17-19H,6-8,11-16H2,1-5H3/b10-9-. The Hall–Kier alpha value is -0.260. The minimum Gasteiger partial charge on any atom is -0.0885 e. The fourth-order valence-corrected chi connectivity index (χ4v) is 4.06. The molecule has 0 aromatic rings. The van der Waals surface area contributed by atoms with Crippen LogP contribution in [0.15, 0.2) is 12.2 Å². The smallest absolute Gasteiger partial charge is 0.0323 e. The number of hydrogen-bond acceptors (Lipinski definition) is 0. The van der Waals surface area contributed by atoms with Crippen LogP contribution < -0.4 is 0 Å². The summed E-state index contributed by atoms with van der Waals surface area (Å²) in [5.74, 6) is 2.74. The van der Waals surface area contributed by atoms with Crippen LogP contribution in [0, 0.1) is 23.2 Å². The molecule has 0 aliphatic heterocycles. The average Bonchev–Trinajstić information content (AvgIpc) is 2.37. The van der Waals surface area contributed by atoms with Crippen LogP contribution in [0.25, 0.3) is 0 Å². The second kappa shape index (κ2) is 8.90. The molecule has 0 aromatic carbocycles. The topological polar surface area (TPSA) is 0 Å². The van der Waals surface area contributed by atoms with E-state index in [0.29, 0.717) is 5.41 Å². The molecule has 20 heavy (non-hydrogen) atoms. The van der Waals surface area contributed by atoms with Gasteiger partial charge in [0.2, 0.25) is 0 Å². The Kier molecular flexibility index (Phi) is 7.92. The van der Waals surface area contributed by atoms with E-state index >= 15 is 0 Å². The molecule has 1 saturated carbocycles. The molecule has 1 aliphatic rings. The van der Waals surface area contributed by atoms with Crippen molar-refractivity contribution >= 4 is 0 Å². The number of unbranched alkanes of at least 4 members (excludes halogenated alkanes) is 2. The van der Waals surface area contributed by atoms with Gasteiger partial charge >= 0.3 is 0 Å². The third-order valence-corrected chi connectivity index (χ3v) is 5.57. The molecule has 118 valence electrons. The van der Waals surface area contributed by atoms with Crippen molar-refractivity contribution in [1.29, 1.82) is 0 Å².